The standard InChI is InChI=1S/C13H24N2O2/c1-10-4-2-6-15(12(10)9-14)13(16)8-11-5-3-7-17-11/h10-12H,2-9,14H2,1H3/t10-,11-,12+/m1/s1. The smallest absolute Gasteiger partial charge is 0.225 e. The number of hydrogen-bond acceptors (Lipinski definition) is 3. The lowest BCUT2D eigenvalue weighted by atomic mass is 9.90. The molecule has 0 bridgehead atoms. The van der Waals surface area contributed by atoms with E-state index in [2.05, 4.69) is 6.92 Å². The van der Waals surface area contributed by atoms with Crippen LogP contribution >= 0.6 is 0 Å². The van der Waals surface area contributed by atoms with E-state index >= 15 is 0 Å². The number of hydrogen-bond donors (Lipinski definition) is 1. The zero-order valence-electron chi connectivity index (χ0n) is 10.7. The highest BCUT2D eigenvalue weighted by molar-refractivity contribution is 5.77. The maximum atomic E-state index is 12.3. The molecule has 4 nitrogen and oxygen atoms in total. The molecule has 0 saturated carbocycles. The number of piperidine rings is 1. The van der Waals surface area contributed by atoms with Crippen molar-refractivity contribution in [3.8, 4) is 0 Å². The van der Waals surface area contributed by atoms with E-state index in [1.165, 1.54) is 6.42 Å². The Kier molecular flexibility index (Phi) is 4.40. The molecule has 0 spiro atoms. The Hall–Kier alpha value is -0.610. The minimum Gasteiger partial charge on any atom is -0.378 e. The number of carbonyl (C=O) groups excluding carboxylic acids is 1. The molecular formula is C13H24N2O2. The molecule has 17 heavy (non-hydrogen) atoms. The van der Waals surface area contributed by atoms with Gasteiger partial charge in [0.25, 0.3) is 0 Å². The minimum atomic E-state index is 0.151. The molecule has 2 aliphatic heterocycles. The fraction of sp³-hybridized carbons (Fsp3) is 0.923. The fourth-order valence-corrected chi connectivity index (χ4v) is 3.04. The molecule has 1 amide bonds. The average molecular weight is 240 g/mol. The summed E-state index contributed by atoms with van der Waals surface area (Å²) in [6, 6.07) is 0.234. The summed E-state index contributed by atoms with van der Waals surface area (Å²) in [6.07, 6.45) is 5.11. The molecule has 2 N–H and O–H groups in total. The van der Waals surface area contributed by atoms with E-state index < -0.39 is 0 Å². The van der Waals surface area contributed by atoms with Crippen LogP contribution in [0, 0.1) is 5.92 Å². The first-order valence-corrected chi connectivity index (χ1v) is 6.83. The number of carbonyl (C=O) groups is 1. The Bertz CT molecular complexity index is 264. The first-order valence-electron chi connectivity index (χ1n) is 6.83. The van der Waals surface area contributed by atoms with E-state index in [1.807, 2.05) is 4.90 Å². The lowest BCUT2D eigenvalue weighted by molar-refractivity contribution is -0.138. The Balaban J connectivity index is 1.91. The lowest BCUT2D eigenvalue weighted by Gasteiger charge is -2.39. The minimum absolute atomic E-state index is 0.151. The summed E-state index contributed by atoms with van der Waals surface area (Å²) in [7, 11) is 0. The normalized spacial score (nSPS) is 34.0. The van der Waals surface area contributed by atoms with Crippen LogP contribution in [0.15, 0.2) is 0 Å². The molecule has 2 saturated heterocycles. The van der Waals surface area contributed by atoms with E-state index in [-0.39, 0.29) is 18.1 Å². The summed E-state index contributed by atoms with van der Waals surface area (Å²) in [5, 5.41) is 0. The number of nitrogens with two attached hydrogens (primary N) is 1. The predicted octanol–water partition coefficient (Wildman–Crippen LogP) is 1.14. The van der Waals surface area contributed by atoms with Gasteiger partial charge in [-0.05, 0) is 31.6 Å². The Morgan fingerprint density at radius 3 is 2.88 bits per heavy atom. The van der Waals surface area contributed by atoms with Crippen LogP contribution in [0.5, 0.6) is 0 Å². The van der Waals surface area contributed by atoms with E-state index in [1.54, 1.807) is 0 Å². The molecule has 4 heteroatoms. The van der Waals surface area contributed by atoms with Crippen LogP contribution in [0.4, 0.5) is 0 Å². The van der Waals surface area contributed by atoms with Gasteiger partial charge in [-0.3, -0.25) is 4.79 Å². The van der Waals surface area contributed by atoms with Gasteiger partial charge in [-0.2, -0.15) is 0 Å². The summed E-state index contributed by atoms with van der Waals surface area (Å²) < 4.78 is 5.53. The molecule has 2 rings (SSSR count). The van der Waals surface area contributed by atoms with Gasteiger partial charge in [-0.25, -0.2) is 0 Å². The lowest BCUT2D eigenvalue weighted by Crippen LogP contribution is -2.51. The number of nitrogens with zero attached hydrogens (tertiary/aromatic N) is 1. The van der Waals surface area contributed by atoms with Gasteiger partial charge < -0.3 is 15.4 Å². The van der Waals surface area contributed by atoms with Gasteiger partial charge in [0.05, 0.1) is 12.5 Å². The molecule has 2 heterocycles. The van der Waals surface area contributed by atoms with Crippen LogP contribution in [0.25, 0.3) is 0 Å². The highest BCUT2D eigenvalue weighted by Crippen LogP contribution is 2.25. The maximum Gasteiger partial charge on any atom is 0.225 e. The van der Waals surface area contributed by atoms with Crippen molar-refractivity contribution in [1.82, 2.24) is 4.90 Å². The largest absolute Gasteiger partial charge is 0.378 e. The Morgan fingerprint density at radius 1 is 1.41 bits per heavy atom. The zero-order valence-corrected chi connectivity index (χ0v) is 10.7. The molecule has 3 atom stereocenters. The monoisotopic (exact) mass is 240 g/mol. The van der Waals surface area contributed by atoms with Crippen molar-refractivity contribution in [2.24, 2.45) is 11.7 Å². The quantitative estimate of drug-likeness (QED) is 0.805. The molecule has 0 aliphatic carbocycles. The molecule has 98 valence electrons. The molecule has 2 aliphatic rings. The molecule has 2 fully saturated rings. The second-order valence-corrected chi connectivity index (χ2v) is 5.35. The van der Waals surface area contributed by atoms with E-state index in [4.69, 9.17) is 10.5 Å². The Morgan fingerprint density at radius 2 is 2.24 bits per heavy atom. The second-order valence-electron chi connectivity index (χ2n) is 5.35. The van der Waals surface area contributed by atoms with Crippen molar-refractivity contribution in [3.05, 3.63) is 0 Å². The van der Waals surface area contributed by atoms with Crippen molar-refractivity contribution >= 4 is 5.91 Å². The Labute approximate surface area is 103 Å². The van der Waals surface area contributed by atoms with E-state index in [0.717, 1.165) is 32.4 Å². The maximum absolute atomic E-state index is 12.3. The van der Waals surface area contributed by atoms with Crippen LogP contribution in [-0.2, 0) is 9.53 Å². The SMILES string of the molecule is C[C@@H]1CCCN(C(=O)C[C@H]2CCCO2)[C@H]1CN. The summed E-state index contributed by atoms with van der Waals surface area (Å²) in [6.45, 7) is 4.47. The van der Waals surface area contributed by atoms with Crippen LogP contribution in [0.2, 0.25) is 0 Å². The van der Waals surface area contributed by atoms with Crippen molar-refractivity contribution < 1.29 is 9.53 Å². The second kappa shape index (κ2) is 5.83. The summed E-state index contributed by atoms with van der Waals surface area (Å²) >= 11 is 0. The van der Waals surface area contributed by atoms with Gasteiger partial charge in [-0.1, -0.05) is 6.92 Å². The summed E-state index contributed by atoms with van der Waals surface area (Å²) in [5.41, 5.74) is 5.80. The fourth-order valence-electron chi connectivity index (χ4n) is 3.04. The number of rotatable bonds is 3. The third-order valence-corrected chi connectivity index (χ3v) is 4.10. The number of likely N-dealkylation sites (tertiary alicyclic amines) is 1. The molecule has 0 aromatic heterocycles. The van der Waals surface area contributed by atoms with Crippen molar-refractivity contribution in [3.63, 3.8) is 0 Å². The molecule has 0 aromatic rings. The van der Waals surface area contributed by atoms with Crippen molar-refractivity contribution in [2.75, 3.05) is 19.7 Å². The first-order chi connectivity index (χ1) is 8.22. The summed E-state index contributed by atoms with van der Waals surface area (Å²) in [5.74, 6) is 0.765. The molecule has 0 unspecified atom stereocenters. The van der Waals surface area contributed by atoms with Crippen molar-refractivity contribution in [1.29, 1.82) is 0 Å². The summed E-state index contributed by atoms with van der Waals surface area (Å²) in [4.78, 5) is 14.3. The highest BCUT2D eigenvalue weighted by atomic mass is 16.5. The van der Waals surface area contributed by atoms with Gasteiger partial charge in [-0.15, -0.1) is 0 Å². The van der Waals surface area contributed by atoms with Crippen LogP contribution < -0.4 is 5.73 Å². The van der Waals surface area contributed by atoms with Crippen LogP contribution in [0.1, 0.15) is 39.0 Å². The highest BCUT2D eigenvalue weighted by Gasteiger charge is 2.32. The molecule has 0 radical (unpaired) electrons. The first kappa shape index (κ1) is 12.8. The third-order valence-electron chi connectivity index (χ3n) is 4.10. The van der Waals surface area contributed by atoms with Crippen LogP contribution in [0.3, 0.4) is 0 Å². The van der Waals surface area contributed by atoms with E-state index in [9.17, 15) is 4.79 Å². The number of amides is 1. The molecular weight excluding hydrogens is 216 g/mol. The van der Waals surface area contributed by atoms with E-state index in [0.29, 0.717) is 18.9 Å². The van der Waals surface area contributed by atoms with Crippen LogP contribution in [-0.4, -0.2) is 42.6 Å². The van der Waals surface area contributed by atoms with Gasteiger partial charge in [0.1, 0.15) is 0 Å². The van der Waals surface area contributed by atoms with Gasteiger partial charge in [0.15, 0.2) is 0 Å². The zero-order chi connectivity index (χ0) is 12.3. The van der Waals surface area contributed by atoms with Gasteiger partial charge in [0, 0.05) is 25.7 Å². The number of ether oxygens (including phenoxy) is 1. The topological polar surface area (TPSA) is 55.6 Å². The average Bonchev–Trinajstić information content (AvgIpc) is 2.81. The van der Waals surface area contributed by atoms with Gasteiger partial charge >= 0.3 is 0 Å². The molecule has 0 aromatic carbocycles. The van der Waals surface area contributed by atoms with Crippen molar-refractivity contribution in [2.45, 2.75) is 51.2 Å². The third kappa shape index (κ3) is 2.99. The predicted molar refractivity (Wildman–Crippen MR) is 66.5 cm³/mol. The van der Waals surface area contributed by atoms with Gasteiger partial charge in [0.2, 0.25) is 5.91 Å².